The van der Waals surface area contributed by atoms with Gasteiger partial charge in [0.05, 0.1) is 6.61 Å². The van der Waals surface area contributed by atoms with Crippen LogP contribution >= 0.6 is 0 Å². The topological polar surface area (TPSA) is 79.9 Å². The first-order valence-electron chi connectivity index (χ1n) is 4.43. The minimum absolute atomic E-state index is 0.250. The van der Waals surface area contributed by atoms with E-state index in [1.54, 1.807) is 7.11 Å². The Morgan fingerprint density at radius 3 is 2.85 bits per heavy atom. The van der Waals surface area contributed by atoms with E-state index in [1.165, 1.54) is 0 Å². The second kappa shape index (κ2) is 7.82. The molecule has 0 heterocycles. The van der Waals surface area contributed by atoms with Gasteiger partial charge in [0, 0.05) is 26.1 Å². The van der Waals surface area contributed by atoms with Gasteiger partial charge in [-0.15, -0.1) is 0 Å². The average Bonchev–Trinajstić information content (AvgIpc) is 2.16. The highest BCUT2D eigenvalue weighted by Crippen LogP contribution is 1.91. The number of nitrogens with one attached hydrogen (secondary N) is 1. The molecule has 78 valence electrons. The number of hydrogen-bond acceptors (Lipinski definition) is 4. The number of ether oxygens (including phenoxy) is 1. The molecule has 13 heavy (non-hydrogen) atoms. The fourth-order valence-electron chi connectivity index (χ4n) is 0.977. The highest BCUT2D eigenvalue weighted by Gasteiger charge is 2.03. The maximum Gasteiger partial charge on any atom is 0.140 e. The Balaban J connectivity index is 3.48. The summed E-state index contributed by atoms with van der Waals surface area (Å²) in [5.41, 5.74) is 5.30. The molecule has 5 heteroatoms. The highest BCUT2D eigenvalue weighted by molar-refractivity contribution is 5.79. The van der Waals surface area contributed by atoms with Crippen LogP contribution in [0.3, 0.4) is 0 Å². The van der Waals surface area contributed by atoms with Crippen molar-refractivity contribution in [1.82, 2.24) is 5.32 Å². The summed E-state index contributed by atoms with van der Waals surface area (Å²) >= 11 is 0. The lowest BCUT2D eigenvalue weighted by atomic mass is 10.2. The molecule has 1 atom stereocenters. The molecule has 0 spiro atoms. The van der Waals surface area contributed by atoms with Crippen LogP contribution in [0.1, 0.15) is 19.8 Å². The van der Waals surface area contributed by atoms with Crippen LogP contribution in [-0.2, 0) is 4.74 Å². The number of nitrogens with two attached hydrogens (primary N) is 1. The molecule has 0 aromatic rings. The van der Waals surface area contributed by atoms with Gasteiger partial charge in [0.2, 0.25) is 0 Å². The van der Waals surface area contributed by atoms with Crippen molar-refractivity contribution in [2.75, 3.05) is 20.3 Å². The zero-order valence-corrected chi connectivity index (χ0v) is 8.29. The number of rotatable bonds is 7. The minimum Gasteiger partial charge on any atom is -0.409 e. The van der Waals surface area contributed by atoms with Gasteiger partial charge in [0.25, 0.3) is 0 Å². The Kier molecular flexibility index (Phi) is 7.33. The SMILES string of the molecule is CCC(COC)NCCC(N)=NO. The van der Waals surface area contributed by atoms with Gasteiger partial charge >= 0.3 is 0 Å². The molecule has 4 N–H and O–H groups in total. The molecule has 0 saturated carbocycles. The maximum absolute atomic E-state index is 8.27. The number of methoxy groups -OCH3 is 1. The molecular formula is C8H19N3O2. The molecule has 0 radical (unpaired) electrons. The fraction of sp³-hybridized carbons (Fsp3) is 0.875. The molecule has 1 unspecified atom stereocenters. The second-order valence-corrected chi connectivity index (χ2v) is 2.86. The zero-order chi connectivity index (χ0) is 10.1. The van der Waals surface area contributed by atoms with Crippen LogP contribution in [-0.4, -0.2) is 37.3 Å². The molecule has 0 fully saturated rings. The van der Waals surface area contributed by atoms with Gasteiger partial charge in [-0.2, -0.15) is 0 Å². The number of oxime groups is 1. The molecule has 0 aromatic heterocycles. The van der Waals surface area contributed by atoms with Crippen LogP contribution in [0.5, 0.6) is 0 Å². The van der Waals surface area contributed by atoms with E-state index in [-0.39, 0.29) is 5.84 Å². The van der Waals surface area contributed by atoms with Crippen LogP contribution in [0.4, 0.5) is 0 Å². The second-order valence-electron chi connectivity index (χ2n) is 2.86. The summed E-state index contributed by atoms with van der Waals surface area (Å²) in [4.78, 5) is 0. The zero-order valence-electron chi connectivity index (χ0n) is 8.29. The van der Waals surface area contributed by atoms with Gasteiger partial charge in [-0.05, 0) is 6.42 Å². The molecule has 0 aliphatic heterocycles. The lowest BCUT2D eigenvalue weighted by Crippen LogP contribution is -2.34. The van der Waals surface area contributed by atoms with E-state index < -0.39 is 0 Å². The Morgan fingerprint density at radius 2 is 2.38 bits per heavy atom. The summed E-state index contributed by atoms with van der Waals surface area (Å²) < 4.78 is 5.01. The Bertz CT molecular complexity index is 150. The molecule has 0 aliphatic carbocycles. The summed E-state index contributed by atoms with van der Waals surface area (Å²) in [6.07, 6.45) is 1.56. The molecule has 0 rings (SSSR count). The van der Waals surface area contributed by atoms with E-state index in [2.05, 4.69) is 17.4 Å². The lowest BCUT2D eigenvalue weighted by molar-refractivity contribution is 0.165. The summed E-state index contributed by atoms with van der Waals surface area (Å²) in [6.45, 7) is 3.48. The van der Waals surface area contributed by atoms with Gasteiger partial charge in [-0.1, -0.05) is 12.1 Å². The van der Waals surface area contributed by atoms with E-state index in [9.17, 15) is 0 Å². The van der Waals surface area contributed by atoms with Crippen molar-refractivity contribution >= 4 is 5.84 Å². The van der Waals surface area contributed by atoms with Crippen LogP contribution in [0, 0.1) is 0 Å². The third kappa shape index (κ3) is 6.36. The monoisotopic (exact) mass is 189 g/mol. The van der Waals surface area contributed by atoms with Crippen LogP contribution < -0.4 is 11.1 Å². The number of hydrogen-bond donors (Lipinski definition) is 3. The number of nitrogens with zero attached hydrogens (tertiary/aromatic N) is 1. The molecule has 0 bridgehead atoms. The Morgan fingerprint density at radius 1 is 1.69 bits per heavy atom. The predicted octanol–water partition coefficient (Wildman–Crippen LogP) is 0.138. The van der Waals surface area contributed by atoms with Crippen molar-refractivity contribution in [3.8, 4) is 0 Å². The van der Waals surface area contributed by atoms with Crippen molar-refractivity contribution in [3.63, 3.8) is 0 Å². The molecule has 0 aliphatic rings. The molecule has 0 aromatic carbocycles. The van der Waals surface area contributed by atoms with Gasteiger partial charge in [0.15, 0.2) is 0 Å². The van der Waals surface area contributed by atoms with Crippen molar-refractivity contribution < 1.29 is 9.94 Å². The minimum atomic E-state index is 0.250. The molecule has 5 nitrogen and oxygen atoms in total. The predicted molar refractivity (Wildman–Crippen MR) is 52.0 cm³/mol. The van der Waals surface area contributed by atoms with E-state index in [0.717, 1.165) is 6.42 Å². The van der Waals surface area contributed by atoms with E-state index in [1.807, 2.05) is 0 Å². The summed E-state index contributed by atoms with van der Waals surface area (Å²) in [5, 5.41) is 14.4. The Hall–Kier alpha value is -0.810. The maximum atomic E-state index is 8.27. The van der Waals surface area contributed by atoms with Gasteiger partial charge in [0.1, 0.15) is 5.84 Å². The van der Waals surface area contributed by atoms with Crippen molar-refractivity contribution in [3.05, 3.63) is 0 Å². The number of amidine groups is 1. The van der Waals surface area contributed by atoms with Crippen molar-refractivity contribution in [2.45, 2.75) is 25.8 Å². The van der Waals surface area contributed by atoms with Crippen molar-refractivity contribution in [1.29, 1.82) is 0 Å². The van der Waals surface area contributed by atoms with Crippen molar-refractivity contribution in [2.24, 2.45) is 10.9 Å². The average molecular weight is 189 g/mol. The molecule has 0 saturated heterocycles. The van der Waals surface area contributed by atoms with E-state index in [4.69, 9.17) is 15.7 Å². The van der Waals surface area contributed by atoms with Gasteiger partial charge < -0.3 is 21.0 Å². The lowest BCUT2D eigenvalue weighted by Gasteiger charge is -2.15. The molecule has 0 amide bonds. The Labute approximate surface area is 78.9 Å². The van der Waals surface area contributed by atoms with Gasteiger partial charge in [-0.3, -0.25) is 0 Å². The first kappa shape index (κ1) is 12.2. The van der Waals surface area contributed by atoms with Crippen LogP contribution in [0.15, 0.2) is 5.16 Å². The first-order valence-corrected chi connectivity index (χ1v) is 4.43. The van der Waals surface area contributed by atoms with Crippen LogP contribution in [0.2, 0.25) is 0 Å². The summed E-state index contributed by atoms with van der Waals surface area (Å²) in [5.74, 6) is 0.250. The van der Waals surface area contributed by atoms with Gasteiger partial charge in [-0.25, -0.2) is 0 Å². The quantitative estimate of drug-likeness (QED) is 0.230. The highest BCUT2D eigenvalue weighted by atomic mass is 16.5. The summed E-state index contributed by atoms with van der Waals surface area (Å²) in [7, 11) is 1.67. The largest absolute Gasteiger partial charge is 0.409 e. The first-order chi connectivity index (χ1) is 6.24. The summed E-state index contributed by atoms with van der Waals surface area (Å²) in [6, 6.07) is 0.344. The molecular weight excluding hydrogens is 170 g/mol. The third-order valence-corrected chi connectivity index (χ3v) is 1.80. The third-order valence-electron chi connectivity index (χ3n) is 1.80. The van der Waals surface area contributed by atoms with Crippen LogP contribution in [0.25, 0.3) is 0 Å². The standard InChI is InChI=1S/C8H19N3O2/c1-3-7(6-13-2)10-5-4-8(9)11-12/h7,10,12H,3-6H2,1-2H3,(H2,9,11). The van der Waals surface area contributed by atoms with E-state index >= 15 is 0 Å². The normalized spacial score (nSPS) is 14.5. The smallest absolute Gasteiger partial charge is 0.140 e. The van der Waals surface area contributed by atoms with E-state index in [0.29, 0.717) is 25.6 Å². The fourth-order valence-corrected chi connectivity index (χ4v) is 0.977.